The highest BCUT2D eigenvalue weighted by Crippen LogP contribution is 2.25. The number of aromatic nitrogens is 2. The number of nitrogens with one attached hydrogen (secondary N) is 1. The number of aryl methyl sites for hydroxylation is 1. The molecule has 1 atom stereocenters. The molecule has 0 aliphatic heterocycles. The fourth-order valence-corrected chi connectivity index (χ4v) is 2.88. The summed E-state index contributed by atoms with van der Waals surface area (Å²) >= 11 is 1.77. The summed E-state index contributed by atoms with van der Waals surface area (Å²) in [5, 5.41) is 4.39. The summed E-state index contributed by atoms with van der Waals surface area (Å²) < 4.78 is 0. The van der Waals surface area contributed by atoms with E-state index >= 15 is 0 Å². The molecule has 2 aromatic heterocycles. The predicted octanol–water partition coefficient (Wildman–Crippen LogP) is 2.72. The molecule has 0 amide bonds. The first-order chi connectivity index (χ1) is 8.20. The lowest BCUT2D eigenvalue weighted by Gasteiger charge is -2.06. The molecule has 0 spiro atoms. The van der Waals surface area contributed by atoms with Crippen LogP contribution in [-0.2, 0) is 6.42 Å². The van der Waals surface area contributed by atoms with Gasteiger partial charge in [-0.2, -0.15) is 0 Å². The second kappa shape index (κ2) is 5.38. The van der Waals surface area contributed by atoms with Crippen LogP contribution in [0.2, 0.25) is 0 Å². The van der Waals surface area contributed by atoms with E-state index in [1.54, 1.807) is 11.3 Å². The Labute approximate surface area is 106 Å². The molecule has 1 unspecified atom stereocenters. The molecule has 0 bridgehead atoms. The molecule has 0 fully saturated rings. The van der Waals surface area contributed by atoms with Crippen LogP contribution < -0.4 is 5.32 Å². The van der Waals surface area contributed by atoms with Gasteiger partial charge in [0.05, 0.1) is 10.7 Å². The molecule has 0 aliphatic carbocycles. The average molecular weight is 247 g/mol. The summed E-state index contributed by atoms with van der Waals surface area (Å²) in [5.41, 5.74) is 2.20. The van der Waals surface area contributed by atoms with Crippen molar-refractivity contribution < 1.29 is 0 Å². The van der Waals surface area contributed by atoms with E-state index < -0.39 is 0 Å². The Hall–Kier alpha value is -1.26. The van der Waals surface area contributed by atoms with Crippen LogP contribution in [0.25, 0.3) is 0 Å². The lowest BCUT2D eigenvalue weighted by Crippen LogP contribution is -2.11. The molecule has 4 heteroatoms. The van der Waals surface area contributed by atoms with Crippen LogP contribution in [0.5, 0.6) is 0 Å². The number of rotatable bonds is 4. The Morgan fingerprint density at radius 1 is 1.41 bits per heavy atom. The van der Waals surface area contributed by atoms with Crippen molar-refractivity contribution in [1.29, 1.82) is 0 Å². The molecule has 90 valence electrons. The minimum atomic E-state index is 0.366. The zero-order valence-electron chi connectivity index (χ0n) is 10.4. The van der Waals surface area contributed by atoms with Crippen molar-refractivity contribution in [3.05, 3.63) is 45.7 Å². The maximum atomic E-state index is 4.61. The molecule has 0 saturated heterocycles. The molecule has 2 rings (SSSR count). The maximum Gasteiger partial charge on any atom is 0.0991 e. The highest BCUT2D eigenvalue weighted by Gasteiger charge is 2.13. The topological polar surface area (TPSA) is 37.8 Å². The van der Waals surface area contributed by atoms with Gasteiger partial charge in [0, 0.05) is 29.2 Å². The molecule has 17 heavy (non-hydrogen) atoms. The monoisotopic (exact) mass is 247 g/mol. The largest absolute Gasteiger partial charge is 0.312 e. The van der Waals surface area contributed by atoms with E-state index in [0.717, 1.165) is 22.8 Å². The highest BCUT2D eigenvalue weighted by molar-refractivity contribution is 7.11. The van der Waals surface area contributed by atoms with E-state index in [0.29, 0.717) is 6.04 Å². The van der Waals surface area contributed by atoms with E-state index in [1.165, 1.54) is 4.88 Å². The van der Waals surface area contributed by atoms with Crippen molar-refractivity contribution >= 4 is 11.3 Å². The first kappa shape index (κ1) is 12.2. The normalized spacial score (nSPS) is 12.6. The minimum Gasteiger partial charge on any atom is -0.312 e. The third-order valence-corrected chi connectivity index (χ3v) is 4.10. The van der Waals surface area contributed by atoms with Crippen molar-refractivity contribution in [2.24, 2.45) is 0 Å². The Bertz CT molecular complexity index is 479. The molecule has 3 nitrogen and oxygen atoms in total. The van der Waals surface area contributed by atoms with Gasteiger partial charge in [-0.3, -0.25) is 4.98 Å². The van der Waals surface area contributed by atoms with Crippen molar-refractivity contribution in [3.63, 3.8) is 0 Å². The Kier molecular flexibility index (Phi) is 3.86. The van der Waals surface area contributed by atoms with Crippen LogP contribution in [0.1, 0.15) is 34.2 Å². The molecule has 0 saturated carbocycles. The van der Waals surface area contributed by atoms with Gasteiger partial charge >= 0.3 is 0 Å². The molecule has 2 aromatic rings. The fraction of sp³-hybridized carbons (Fsp3) is 0.385. The van der Waals surface area contributed by atoms with Gasteiger partial charge in [-0.1, -0.05) is 6.07 Å². The summed E-state index contributed by atoms with van der Waals surface area (Å²) in [7, 11) is 1.97. The summed E-state index contributed by atoms with van der Waals surface area (Å²) in [6, 6.07) is 6.35. The van der Waals surface area contributed by atoms with E-state index in [2.05, 4.69) is 29.1 Å². The summed E-state index contributed by atoms with van der Waals surface area (Å²) in [5.74, 6) is 0. The van der Waals surface area contributed by atoms with Gasteiger partial charge in [-0.05, 0) is 33.0 Å². The van der Waals surface area contributed by atoms with Crippen molar-refractivity contribution in [2.45, 2.75) is 26.3 Å². The van der Waals surface area contributed by atoms with Gasteiger partial charge in [-0.25, -0.2) is 4.98 Å². The number of hydrogen-bond acceptors (Lipinski definition) is 4. The number of hydrogen-bond donors (Lipinski definition) is 1. The van der Waals surface area contributed by atoms with Crippen LogP contribution in [-0.4, -0.2) is 17.0 Å². The second-order valence-corrected chi connectivity index (χ2v) is 5.18. The lowest BCUT2D eigenvalue weighted by atomic mass is 10.2. The lowest BCUT2D eigenvalue weighted by molar-refractivity contribution is 0.658. The van der Waals surface area contributed by atoms with Crippen LogP contribution >= 0.6 is 11.3 Å². The van der Waals surface area contributed by atoms with E-state index in [1.807, 2.05) is 31.4 Å². The molecule has 0 aliphatic rings. The van der Waals surface area contributed by atoms with Gasteiger partial charge in [0.2, 0.25) is 0 Å². The van der Waals surface area contributed by atoms with E-state index in [-0.39, 0.29) is 0 Å². The molecule has 2 heterocycles. The summed E-state index contributed by atoms with van der Waals surface area (Å²) in [6.45, 7) is 4.23. The average Bonchev–Trinajstić information content (AvgIpc) is 2.70. The van der Waals surface area contributed by atoms with Crippen LogP contribution in [0.3, 0.4) is 0 Å². The first-order valence-corrected chi connectivity index (χ1v) is 6.55. The molecule has 0 aromatic carbocycles. The zero-order valence-corrected chi connectivity index (χ0v) is 11.2. The zero-order chi connectivity index (χ0) is 12.3. The Balaban J connectivity index is 2.18. The highest BCUT2D eigenvalue weighted by atomic mass is 32.1. The Morgan fingerprint density at radius 2 is 2.24 bits per heavy atom. The number of nitrogens with zero attached hydrogens (tertiary/aromatic N) is 2. The van der Waals surface area contributed by atoms with Crippen molar-refractivity contribution in [1.82, 2.24) is 15.3 Å². The van der Waals surface area contributed by atoms with Crippen molar-refractivity contribution in [2.75, 3.05) is 7.05 Å². The smallest absolute Gasteiger partial charge is 0.0991 e. The quantitative estimate of drug-likeness (QED) is 0.902. The van der Waals surface area contributed by atoms with Crippen molar-refractivity contribution in [3.8, 4) is 0 Å². The minimum absolute atomic E-state index is 0.366. The van der Waals surface area contributed by atoms with Gasteiger partial charge in [0.15, 0.2) is 0 Å². The standard InChI is InChI=1S/C13H17N3S/c1-9(14-3)13-10(2)16-12(17-13)8-11-6-4-5-7-15-11/h4-7,9,14H,8H2,1-3H3. The summed E-state index contributed by atoms with van der Waals surface area (Å²) in [6.07, 6.45) is 2.65. The second-order valence-electron chi connectivity index (χ2n) is 4.07. The molecule has 0 radical (unpaired) electrons. The van der Waals surface area contributed by atoms with E-state index in [4.69, 9.17) is 0 Å². The summed E-state index contributed by atoms with van der Waals surface area (Å²) in [4.78, 5) is 10.3. The molecular formula is C13H17N3S. The SMILES string of the molecule is CNC(C)c1sc(Cc2ccccn2)nc1C. The molecular weight excluding hydrogens is 230 g/mol. The third kappa shape index (κ3) is 2.90. The predicted molar refractivity (Wildman–Crippen MR) is 71.4 cm³/mol. The fourth-order valence-electron chi connectivity index (χ4n) is 1.73. The number of pyridine rings is 1. The van der Waals surface area contributed by atoms with Gasteiger partial charge in [0.25, 0.3) is 0 Å². The van der Waals surface area contributed by atoms with Gasteiger partial charge in [0.1, 0.15) is 0 Å². The van der Waals surface area contributed by atoms with Crippen LogP contribution in [0, 0.1) is 6.92 Å². The molecule has 1 N–H and O–H groups in total. The van der Waals surface area contributed by atoms with E-state index in [9.17, 15) is 0 Å². The number of thiazole rings is 1. The third-order valence-electron chi connectivity index (χ3n) is 2.76. The van der Waals surface area contributed by atoms with Crippen LogP contribution in [0.15, 0.2) is 24.4 Å². The Morgan fingerprint density at radius 3 is 2.88 bits per heavy atom. The first-order valence-electron chi connectivity index (χ1n) is 5.74. The van der Waals surface area contributed by atoms with Gasteiger partial charge < -0.3 is 5.32 Å². The van der Waals surface area contributed by atoms with Crippen LogP contribution in [0.4, 0.5) is 0 Å². The van der Waals surface area contributed by atoms with Gasteiger partial charge in [-0.15, -0.1) is 11.3 Å². The maximum absolute atomic E-state index is 4.61.